The minimum absolute atomic E-state index is 0.208. The van der Waals surface area contributed by atoms with Crippen molar-refractivity contribution in [1.29, 1.82) is 0 Å². The maximum absolute atomic E-state index is 12.5. The molecule has 0 aromatic heterocycles. The van der Waals surface area contributed by atoms with Gasteiger partial charge in [0, 0.05) is 11.6 Å². The third-order valence-electron chi connectivity index (χ3n) is 5.09. The van der Waals surface area contributed by atoms with Gasteiger partial charge in [0.25, 0.3) is 0 Å². The van der Waals surface area contributed by atoms with Crippen LogP contribution in [0.5, 0.6) is 23.0 Å². The second-order valence-corrected chi connectivity index (χ2v) is 7.88. The number of aliphatic hydroxyl groups excluding tert-OH is 1. The Morgan fingerprint density at radius 1 is 0.853 bits per heavy atom. The molecular formula is C27H25BrO6. The minimum atomic E-state index is -0.374. The molecule has 0 radical (unpaired) electrons. The summed E-state index contributed by atoms with van der Waals surface area (Å²) in [7, 11) is 6.14. The summed E-state index contributed by atoms with van der Waals surface area (Å²) < 4.78 is 22.2. The zero-order chi connectivity index (χ0) is 24.7. The van der Waals surface area contributed by atoms with Crippen LogP contribution in [0, 0.1) is 0 Å². The largest absolute Gasteiger partial charge is 0.508 e. The van der Waals surface area contributed by atoms with Crippen LogP contribution in [0.4, 0.5) is 0 Å². The highest BCUT2D eigenvalue weighted by atomic mass is 79.9. The van der Waals surface area contributed by atoms with Crippen LogP contribution in [0.2, 0.25) is 0 Å². The summed E-state index contributed by atoms with van der Waals surface area (Å²) in [5.74, 6) is 1.43. The number of aliphatic hydroxyl groups is 1. The fourth-order valence-corrected chi connectivity index (χ4v) is 4.06. The smallest absolute Gasteiger partial charge is 0.204 e. The highest BCUT2D eigenvalue weighted by Crippen LogP contribution is 2.45. The van der Waals surface area contributed by atoms with Gasteiger partial charge in [0.1, 0.15) is 11.5 Å². The number of fused-ring (bicyclic) bond motifs is 1. The number of benzene rings is 3. The van der Waals surface area contributed by atoms with Gasteiger partial charge in [-0.05, 0) is 68.7 Å². The van der Waals surface area contributed by atoms with Crippen molar-refractivity contribution < 1.29 is 28.8 Å². The predicted molar refractivity (Wildman–Crippen MR) is 138 cm³/mol. The van der Waals surface area contributed by atoms with Gasteiger partial charge in [-0.15, -0.1) is 0 Å². The van der Waals surface area contributed by atoms with E-state index < -0.39 is 0 Å². The number of hydrogen-bond acceptors (Lipinski definition) is 6. The molecule has 0 spiro atoms. The van der Waals surface area contributed by atoms with E-state index in [0.29, 0.717) is 33.0 Å². The van der Waals surface area contributed by atoms with Crippen LogP contribution in [0.15, 0.2) is 70.9 Å². The number of allylic oxidation sites excluding steroid dienone is 3. The van der Waals surface area contributed by atoms with Crippen LogP contribution in [-0.2, 0) is 4.79 Å². The van der Waals surface area contributed by atoms with E-state index in [-0.39, 0.29) is 11.5 Å². The number of carbonyl (C=O) groups excluding carboxylic acids is 1. The molecule has 0 saturated carbocycles. The number of carbonyl (C=O) groups is 1. The summed E-state index contributed by atoms with van der Waals surface area (Å²) in [6.45, 7) is 0. The maximum atomic E-state index is 12.5. The Kier molecular flexibility index (Phi) is 8.38. The molecule has 3 aromatic rings. The molecule has 0 saturated heterocycles. The lowest BCUT2D eigenvalue weighted by Crippen LogP contribution is -1.97. The number of methoxy groups -OCH3 is 4. The first-order valence-electron chi connectivity index (χ1n) is 10.3. The molecule has 0 aliphatic carbocycles. The molecule has 0 aliphatic rings. The van der Waals surface area contributed by atoms with Gasteiger partial charge in [0.2, 0.25) is 5.75 Å². The SMILES string of the molecule is COc1cc(/C=C/C(O)=C/C(=O)/C=C/c2c(OC)ccc3ccccc23)c(Br)c(OC)c1OC. The topological polar surface area (TPSA) is 74.2 Å². The van der Waals surface area contributed by atoms with Gasteiger partial charge in [0.15, 0.2) is 17.3 Å². The Morgan fingerprint density at radius 3 is 2.24 bits per heavy atom. The zero-order valence-electron chi connectivity index (χ0n) is 19.3. The third-order valence-corrected chi connectivity index (χ3v) is 5.90. The van der Waals surface area contributed by atoms with Gasteiger partial charge in [-0.2, -0.15) is 0 Å². The van der Waals surface area contributed by atoms with Crippen LogP contribution in [0.3, 0.4) is 0 Å². The Labute approximate surface area is 206 Å². The van der Waals surface area contributed by atoms with E-state index in [9.17, 15) is 9.90 Å². The summed E-state index contributed by atoms with van der Waals surface area (Å²) in [5.41, 5.74) is 1.46. The first-order valence-corrected chi connectivity index (χ1v) is 11.1. The van der Waals surface area contributed by atoms with Crippen LogP contribution in [-0.4, -0.2) is 39.3 Å². The van der Waals surface area contributed by atoms with Crippen LogP contribution < -0.4 is 18.9 Å². The average Bonchev–Trinajstić information content (AvgIpc) is 2.85. The molecule has 3 rings (SSSR count). The van der Waals surface area contributed by atoms with Crippen molar-refractivity contribution in [2.24, 2.45) is 0 Å². The summed E-state index contributed by atoms with van der Waals surface area (Å²) >= 11 is 3.48. The number of rotatable bonds is 9. The van der Waals surface area contributed by atoms with Gasteiger partial charge >= 0.3 is 0 Å². The first-order chi connectivity index (χ1) is 16.4. The van der Waals surface area contributed by atoms with E-state index >= 15 is 0 Å². The molecule has 3 aromatic carbocycles. The Morgan fingerprint density at radius 2 is 1.56 bits per heavy atom. The molecule has 0 unspecified atom stereocenters. The lowest BCUT2D eigenvalue weighted by Gasteiger charge is -2.15. The molecule has 0 heterocycles. The maximum Gasteiger partial charge on any atom is 0.204 e. The zero-order valence-corrected chi connectivity index (χ0v) is 20.9. The number of ether oxygens (including phenoxy) is 4. The third kappa shape index (κ3) is 5.43. The van der Waals surface area contributed by atoms with Crippen LogP contribution in [0.25, 0.3) is 22.9 Å². The van der Waals surface area contributed by atoms with Crippen molar-refractivity contribution >= 4 is 44.6 Å². The molecule has 176 valence electrons. The summed E-state index contributed by atoms with van der Waals surface area (Å²) in [4.78, 5) is 12.5. The molecule has 34 heavy (non-hydrogen) atoms. The molecule has 0 atom stereocenters. The standard InChI is InChI=1S/C27H25BrO6/c1-31-23-14-10-17-7-5-6-8-21(17)22(23)13-12-20(30)16-19(29)11-9-18-15-24(32-2)26(33-3)27(34-4)25(18)28/h5-16,29H,1-4H3/b11-9+,13-12+,19-16-. The van der Waals surface area contributed by atoms with Crippen molar-refractivity contribution in [3.63, 3.8) is 0 Å². The van der Waals surface area contributed by atoms with Crippen LogP contribution >= 0.6 is 15.9 Å². The number of halogens is 1. The number of ketones is 1. The molecule has 0 bridgehead atoms. The van der Waals surface area contributed by atoms with E-state index in [1.165, 1.54) is 33.5 Å². The van der Waals surface area contributed by atoms with Crippen molar-refractivity contribution in [3.8, 4) is 23.0 Å². The van der Waals surface area contributed by atoms with E-state index in [1.54, 1.807) is 25.3 Å². The van der Waals surface area contributed by atoms with E-state index in [1.807, 2.05) is 36.4 Å². The van der Waals surface area contributed by atoms with E-state index in [4.69, 9.17) is 18.9 Å². The van der Waals surface area contributed by atoms with Gasteiger partial charge in [-0.25, -0.2) is 0 Å². The van der Waals surface area contributed by atoms with Gasteiger partial charge in [-0.1, -0.05) is 30.3 Å². The average molecular weight is 525 g/mol. The molecular weight excluding hydrogens is 500 g/mol. The Hall–Kier alpha value is -3.71. The molecule has 7 heteroatoms. The first kappa shape index (κ1) is 24.9. The second-order valence-electron chi connectivity index (χ2n) is 7.09. The van der Waals surface area contributed by atoms with Crippen molar-refractivity contribution in [2.75, 3.05) is 28.4 Å². The Balaban J connectivity index is 1.85. The molecule has 0 fully saturated rings. The van der Waals surface area contributed by atoms with Crippen molar-refractivity contribution in [3.05, 3.63) is 82.1 Å². The van der Waals surface area contributed by atoms with Gasteiger partial charge in [-0.3, -0.25) is 4.79 Å². The predicted octanol–water partition coefficient (Wildman–Crippen LogP) is 6.37. The van der Waals surface area contributed by atoms with Gasteiger partial charge < -0.3 is 24.1 Å². The van der Waals surface area contributed by atoms with Crippen molar-refractivity contribution in [1.82, 2.24) is 0 Å². The minimum Gasteiger partial charge on any atom is -0.508 e. The normalized spacial score (nSPS) is 11.9. The monoisotopic (exact) mass is 524 g/mol. The lowest BCUT2D eigenvalue weighted by molar-refractivity contribution is -0.110. The van der Waals surface area contributed by atoms with Crippen LogP contribution in [0.1, 0.15) is 11.1 Å². The molecule has 0 aliphatic heterocycles. The quantitative estimate of drug-likeness (QED) is 0.199. The van der Waals surface area contributed by atoms with E-state index in [0.717, 1.165) is 22.4 Å². The molecule has 6 nitrogen and oxygen atoms in total. The van der Waals surface area contributed by atoms with Crippen molar-refractivity contribution in [2.45, 2.75) is 0 Å². The summed E-state index contributed by atoms with van der Waals surface area (Å²) in [6.07, 6.45) is 7.26. The molecule has 1 N–H and O–H groups in total. The summed E-state index contributed by atoms with van der Waals surface area (Å²) in [5, 5.41) is 12.3. The second kappa shape index (κ2) is 11.4. The fraction of sp³-hybridized carbons (Fsp3) is 0.148. The Bertz CT molecular complexity index is 1290. The van der Waals surface area contributed by atoms with E-state index in [2.05, 4.69) is 15.9 Å². The number of hydrogen-bond donors (Lipinski definition) is 1. The highest BCUT2D eigenvalue weighted by Gasteiger charge is 2.17. The molecule has 0 amide bonds. The van der Waals surface area contributed by atoms with Gasteiger partial charge in [0.05, 0.1) is 32.9 Å². The highest BCUT2D eigenvalue weighted by molar-refractivity contribution is 9.10. The summed E-state index contributed by atoms with van der Waals surface area (Å²) in [6, 6.07) is 13.4. The fourth-order valence-electron chi connectivity index (χ4n) is 3.47. The lowest BCUT2D eigenvalue weighted by atomic mass is 10.0.